The van der Waals surface area contributed by atoms with Crippen LogP contribution in [-0.4, -0.2) is 23.2 Å². The first-order chi connectivity index (χ1) is 9.81. The third kappa shape index (κ3) is 3.61. The summed E-state index contributed by atoms with van der Waals surface area (Å²) in [5.74, 6) is -0.0393. The van der Waals surface area contributed by atoms with E-state index in [2.05, 4.69) is 4.98 Å². The van der Waals surface area contributed by atoms with Gasteiger partial charge in [0.25, 0.3) is 0 Å². The molecule has 1 aromatic carbocycles. The highest BCUT2D eigenvalue weighted by Crippen LogP contribution is 2.35. The van der Waals surface area contributed by atoms with Gasteiger partial charge in [0, 0.05) is 15.9 Å². The number of aliphatic carboxylic acids is 1. The largest absolute Gasteiger partial charge is 0.497 e. The van der Waals surface area contributed by atoms with Crippen LogP contribution < -0.4 is 4.74 Å². The zero-order valence-corrected chi connectivity index (χ0v) is 13.5. The lowest BCUT2D eigenvalue weighted by Crippen LogP contribution is -2.15. The van der Waals surface area contributed by atoms with Gasteiger partial charge in [0.05, 0.1) is 19.2 Å². The van der Waals surface area contributed by atoms with Crippen molar-refractivity contribution in [2.24, 2.45) is 0 Å². The Morgan fingerprint density at radius 1 is 1.29 bits per heavy atom. The fourth-order valence-electron chi connectivity index (χ4n) is 2.05. The van der Waals surface area contributed by atoms with E-state index in [-0.39, 0.29) is 11.8 Å². The fourth-order valence-corrected chi connectivity index (χ4v) is 3.32. The highest BCUT2D eigenvalue weighted by atomic mass is 32.1. The van der Waals surface area contributed by atoms with Crippen molar-refractivity contribution in [1.82, 2.24) is 4.98 Å². The molecule has 0 aliphatic rings. The van der Waals surface area contributed by atoms with E-state index >= 15 is 0 Å². The number of nitrogens with zero attached hydrogens (tertiary/aromatic N) is 1. The molecule has 0 fully saturated rings. The van der Waals surface area contributed by atoms with Crippen LogP contribution in [0.4, 0.5) is 0 Å². The number of thiazole rings is 1. The van der Waals surface area contributed by atoms with E-state index in [4.69, 9.17) is 9.84 Å². The summed E-state index contributed by atoms with van der Waals surface area (Å²) in [6.45, 7) is 6.14. The summed E-state index contributed by atoms with van der Waals surface area (Å²) in [6.07, 6.45) is 0.0143. The van der Waals surface area contributed by atoms with Gasteiger partial charge in [-0.05, 0) is 24.3 Å². The lowest BCUT2D eigenvalue weighted by molar-refractivity contribution is -0.136. The van der Waals surface area contributed by atoms with Gasteiger partial charge in [-0.25, -0.2) is 4.98 Å². The number of carboxylic acid groups (broad SMARTS) is 1. The summed E-state index contributed by atoms with van der Waals surface area (Å²) in [4.78, 5) is 16.5. The minimum absolute atomic E-state index is 0.0143. The van der Waals surface area contributed by atoms with Crippen molar-refractivity contribution in [3.63, 3.8) is 0 Å². The second kappa shape index (κ2) is 5.85. The first-order valence-corrected chi connectivity index (χ1v) is 7.49. The highest BCUT2D eigenvalue weighted by molar-refractivity contribution is 7.15. The van der Waals surface area contributed by atoms with Gasteiger partial charge in [-0.3, -0.25) is 4.79 Å². The van der Waals surface area contributed by atoms with E-state index in [0.29, 0.717) is 0 Å². The van der Waals surface area contributed by atoms with Crippen molar-refractivity contribution >= 4 is 17.3 Å². The van der Waals surface area contributed by atoms with Gasteiger partial charge in [-0.15, -0.1) is 11.3 Å². The number of benzene rings is 1. The summed E-state index contributed by atoms with van der Waals surface area (Å²) in [5, 5.41) is 9.91. The predicted octanol–water partition coefficient (Wildman–Crippen LogP) is 3.74. The molecule has 0 aliphatic carbocycles. The first-order valence-electron chi connectivity index (χ1n) is 6.67. The molecular formula is C16H19NO3S. The summed E-state index contributed by atoms with van der Waals surface area (Å²) < 4.78 is 5.15. The number of hydrogen-bond donors (Lipinski definition) is 1. The van der Waals surface area contributed by atoms with E-state index in [1.54, 1.807) is 7.11 Å². The summed E-state index contributed by atoms with van der Waals surface area (Å²) >= 11 is 1.45. The van der Waals surface area contributed by atoms with Gasteiger partial charge in [0.2, 0.25) is 0 Å². The molecule has 0 amide bonds. The molecule has 0 radical (unpaired) electrons. The van der Waals surface area contributed by atoms with Crippen molar-refractivity contribution < 1.29 is 14.6 Å². The third-order valence-electron chi connectivity index (χ3n) is 3.06. The fraction of sp³-hybridized carbons (Fsp3) is 0.375. The molecule has 4 nitrogen and oxygen atoms in total. The second-order valence-electron chi connectivity index (χ2n) is 5.84. The maximum Gasteiger partial charge on any atom is 0.308 e. The Bertz CT molecular complexity index is 639. The van der Waals surface area contributed by atoms with Crippen molar-refractivity contribution in [3.8, 4) is 16.3 Å². The van der Waals surface area contributed by atoms with Crippen LogP contribution >= 0.6 is 11.3 Å². The van der Waals surface area contributed by atoms with Crippen LogP contribution in [0, 0.1) is 0 Å². The number of aromatic nitrogens is 1. The van der Waals surface area contributed by atoms with Crippen molar-refractivity contribution in [3.05, 3.63) is 34.8 Å². The molecule has 1 heterocycles. The highest BCUT2D eigenvalue weighted by Gasteiger charge is 2.24. The number of rotatable bonds is 4. The maximum absolute atomic E-state index is 11.0. The number of methoxy groups -OCH3 is 1. The molecule has 0 aliphatic heterocycles. The summed E-state index contributed by atoms with van der Waals surface area (Å²) in [7, 11) is 1.63. The molecule has 1 aromatic heterocycles. The maximum atomic E-state index is 11.0. The lowest BCUT2D eigenvalue weighted by atomic mass is 9.91. The van der Waals surface area contributed by atoms with Gasteiger partial charge in [-0.2, -0.15) is 0 Å². The summed E-state index contributed by atoms with van der Waals surface area (Å²) in [6, 6.07) is 7.64. The van der Waals surface area contributed by atoms with Crippen LogP contribution in [0.2, 0.25) is 0 Å². The zero-order valence-electron chi connectivity index (χ0n) is 12.6. The molecule has 0 spiro atoms. The number of carboxylic acids is 1. The topological polar surface area (TPSA) is 59.4 Å². The van der Waals surface area contributed by atoms with Gasteiger partial charge in [0.15, 0.2) is 0 Å². The van der Waals surface area contributed by atoms with E-state index in [9.17, 15) is 4.79 Å². The van der Waals surface area contributed by atoms with Crippen LogP contribution in [0.1, 0.15) is 31.3 Å². The Morgan fingerprint density at radius 3 is 2.38 bits per heavy atom. The zero-order chi connectivity index (χ0) is 15.6. The molecule has 112 valence electrons. The molecule has 0 saturated carbocycles. The average molecular weight is 305 g/mol. The molecule has 0 saturated heterocycles. The molecular weight excluding hydrogens is 286 g/mol. The van der Waals surface area contributed by atoms with Crippen LogP contribution in [-0.2, 0) is 16.6 Å². The summed E-state index contributed by atoms with van der Waals surface area (Å²) in [5.41, 5.74) is 1.66. The average Bonchev–Trinajstić information content (AvgIpc) is 2.82. The third-order valence-corrected chi connectivity index (χ3v) is 4.16. The van der Waals surface area contributed by atoms with Gasteiger partial charge >= 0.3 is 5.97 Å². The van der Waals surface area contributed by atoms with Crippen LogP contribution in [0.15, 0.2) is 24.3 Å². The van der Waals surface area contributed by atoms with Crippen molar-refractivity contribution in [2.45, 2.75) is 32.6 Å². The Labute approximate surface area is 128 Å². The SMILES string of the molecule is COc1ccc(-c2nc(C(C)(C)C)c(CC(=O)O)s2)cc1. The monoisotopic (exact) mass is 305 g/mol. The molecule has 0 unspecified atom stereocenters. The molecule has 2 aromatic rings. The van der Waals surface area contributed by atoms with E-state index in [0.717, 1.165) is 26.9 Å². The smallest absolute Gasteiger partial charge is 0.308 e. The number of hydrogen-bond acceptors (Lipinski definition) is 4. The Hall–Kier alpha value is -1.88. The molecule has 0 bridgehead atoms. The minimum atomic E-state index is -0.828. The van der Waals surface area contributed by atoms with Crippen LogP contribution in [0.5, 0.6) is 5.75 Å². The molecule has 5 heteroatoms. The first kappa shape index (κ1) is 15.5. The van der Waals surface area contributed by atoms with Crippen molar-refractivity contribution in [2.75, 3.05) is 7.11 Å². The Morgan fingerprint density at radius 2 is 1.90 bits per heavy atom. The van der Waals surface area contributed by atoms with Gasteiger partial charge < -0.3 is 9.84 Å². The minimum Gasteiger partial charge on any atom is -0.497 e. The second-order valence-corrected chi connectivity index (χ2v) is 6.92. The standard InChI is InChI=1S/C16H19NO3S/c1-16(2,3)14-12(9-13(18)19)21-15(17-14)10-5-7-11(20-4)8-6-10/h5-8H,9H2,1-4H3,(H,18,19). The van der Waals surface area contributed by atoms with E-state index in [1.807, 2.05) is 45.0 Å². The van der Waals surface area contributed by atoms with Crippen LogP contribution in [0.3, 0.4) is 0 Å². The molecule has 1 N–H and O–H groups in total. The van der Waals surface area contributed by atoms with E-state index in [1.165, 1.54) is 11.3 Å². The quantitative estimate of drug-likeness (QED) is 0.934. The Kier molecular flexibility index (Phi) is 4.32. The van der Waals surface area contributed by atoms with Gasteiger partial charge in [0.1, 0.15) is 10.8 Å². The van der Waals surface area contributed by atoms with Crippen LogP contribution in [0.25, 0.3) is 10.6 Å². The molecule has 21 heavy (non-hydrogen) atoms. The van der Waals surface area contributed by atoms with Crippen molar-refractivity contribution in [1.29, 1.82) is 0 Å². The Balaban J connectivity index is 2.44. The molecule has 0 atom stereocenters. The van der Waals surface area contributed by atoms with Gasteiger partial charge in [-0.1, -0.05) is 20.8 Å². The number of carbonyl (C=O) groups is 1. The predicted molar refractivity (Wildman–Crippen MR) is 84.1 cm³/mol. The number of ether oxygens (including phenoxy) is 1. The normalized spacial score (nSPS) is 11.4. The lowest BCUT2D eigenvalue weighted by Gasteiger charge is -2.16. The van der Waals surface area contributed by atoms with E-state index < -0.39 is 5.97 Å². The molecule has 2 rings (SSSR count).